The van der Waals surface area contributed by atoms with Gasteiger partial charge in [-0.2, -0.15) is 0 Å². The summed E-state index contributed by atoms with van der Waals surface area (Å²) in [6, 6.07) is 3.46. The van der Waals surface area contributed by atoms with Crippen molar-refractivity contribution in [3.63, 3.8) is 0 Å². The van der Waals surface area contributed by atoms with Crippen LogP contribution in [0, 0.1) is 0 Å². The Morgan fingerprint density at radius 2 is 2.14 bits per heavy atom. The monoisotopic (exact) mass is 348 g/mol. The Morgan fingerprint density at radius 1 is 1.43 bits per heavy atom. The molecule has 1 aliphatic heterocycles. The normalized spacial score (nSPS) is 25.9. The number of halogens is 2. The van der Waals surface area contributed by atoms with Crippen molar-refractivity contribution in [2.45, 2.75) is 30.0 Å². The molecule has 3 atom stereocenters. The van der Waals surface area contributed by atoms with Crippen LogP contribution < -0.4 is 0 Å². The maximum atomic E-state index is 9.92. The average Bonchev–Trinajstić information content (AvgIpc) is 2.99. The summed E-state index contributed by atoms with van der Waals surface area (Å²) in [4.78, 5) is 4.51. The zero-order valence-electron chi connectivity index (χ0n) is 11.2. The molecule has 1 saturated heterocycles. The van der Waals surface area contributed by atoms with Crippen LogP contribution in [0.3, 0.4) is 0 Å². The van der Waals surface area contributed by atoms with Gasteiger partial charge in [-0.1, -0.05) is 35.0 Å². The number of fused-ring (bicyclic) bond motifs is 1. The number of ether oxygens (including phenoxy) is 1. The molecule has 1 aromatic heterocycles. The summed E-state index contributed by atoms with van der Waals surface area (Å²) in [5.74, 6) is 0. The molecular weight excluding hydrogens is 335 g/mol. The van der Waals surface area contributed by atoms with Gasteiger partial charge < -0.3 is 14.9 Å². The Labute approximate surface area is 135 Å². The van der Waals surface area contributed by atoms with Crippen molar-refractivity contribution in [3.8, 4) is 0 Å². The molecule has 0 bridgehead atoms. The van der Waals surface area contributed by atoms with Gasteiger partial charge in [0, 0.05) is 6.42 Å². The number of aliphatic hydroxyl groups excluding tert-OH is 2. The summed E-state index contributed by atoms with van der Waals surface area (Å²) in [6.07, 6.45) is 0.641. The van der Waals surface area contributed by atoms with Gasteiger partial charge in [-0.15, -0.1) is 0 Å². The number of rotatable bonds is 3. The smallest absolute Gasteiger partial charge is 0.170 e. The highest BCUT2D eigenvalue weighted by atomic mass is 35.5. The fraction of sp³-hybridized carbons (Fsp3) is 0.462. The van der Waals surface area contributed by atoms with E-state index in [2.05, 4.69) is 4.98 Å². The highest BCUT2D eigenvalue weighted by molar-refractivity contribution is 7.98. The molecule has 114 valence electrons. The molecule has 2 heterocycles. The Balaban J connectivity index is 2.10. The van der Waals surface area contributed by atoms with Crippen LogP contribution in [0.25, 0.3) is 11.0 Å². The number of aliphatic hydroxyl groups is 2. The third-order valence-electron chi connectivity index (χ3n) is 3.55. The van der Waals surface area contributed by atoms with E-state index >= 15 is 0 Å². The van der Waals surface area contributed by atoms with Gasteiger partial charge in [0.2, 0.25) is 0 Å². The molecule has 1 aromatic carbocycles. The molecule has 2 aromatic rings. The number of aromatic nitrogens is 2. The van der Waals surface area contributed by atoms with Gasteiger partial charge in [0.15, 0.2) is 5.16 Å². The average molecular weight is 349 g/mol. The second kappa shape index (κ2) is 5.95. The molecule has 0 aliphatic carbocycles. The number of hydrogen-bond acceptors (Lipinski definition) is 5. The minimum atomic E-state index is -0.699. The summed E-state index contributed by atoms with van der Waals surface area (Å²) in [5, 5.41) is 20.8. The third-order valence-corrected chi connectivity index (χ3v) is 4.93. The quantitative estimate of drug-likeness (QED) is 0.834. The molecule has 0 spiro atoms. The van der Waals surface area contributed by atoms with Crippen LogP contribution >= 0.6 is 35.0 Å². The first-order valence-electron chi connectivity index (χ1n) is 6.40. The summed E-state index contributed by atoms with van der Waals surface area (Å²) in [7, 11) is 0. The Hall–Kier alpha value is -0.500. The highest BCUT2D eigenvalue weighted by Crippen LogP contribution is 2.37. The van der Waals surface area contributed by atoms with E-state index in [4.69, 9.17) is 27.9 Å². The molecular formula is C13H14Cl2N2O3S. The van der Waals surface area contributed by atoms with Gasteiger partial charge >= 0.3 is 0 Å². The number of nitrogens with zero attached hydrogens (tertiary/aromatic N) is 2. The molecule has 5 nitrogen and oxygen atoms in total. The van der Waals surface area contributed by atoms with Gasteiger partial charge in [-0.25, -0.2) is 4.98 Å². The Bertz CT molecular complexity index is 679. The molecule has 2 N–H and O–H groups in total. The molecule has 3 rings (SSSR count). The first kappa shape index (κ1) is 15.4. The van der Waals surface area contributed by atoms with Crippen molar-refractivity contribution in [3.05, 3.63) is 22.2 Å². The van der Waals surface area contributed by atoms with E-state index in [1.165, 1.54) is 11.8 Å². The summed E-state index contributed by atoms with van der Waals surface area (Å²) < 4.78 is 7.61. The fourth-order valence-corrected chi connectivity index (χ4v) is 3.45. The van der Waals surface area contributed by atoms with E-state index < -0.39 is 12.2 Å². The predicted octanol–water partition coefficient (Wildman–Crippen LogP) is 2.71. The van der Waals surface area contributed by atoms with Gasteiger partial charge in [0.05, 0.1) is 33.8 Å². The summed E-state index contributed by atoms with van der Waals surface area (Å²) in [5.41, 5.74) is 1.52. The lowest BCUT2D eigenvalue weighted by molar-refractivity contribution is -0.0456. The number of hydrogen-bond donors (Lipinski definition) is 2. The summed E-state index contributed by atoms with van der Waals surface area (Å²) >= 11 is 13.6. The minimum Gasteiger partial charge on any atom is -0.394 e. The first-order valence-corrected chi connectivity index (χ1v) is 8.38. The van der Waals surface area contributed by atoms with Gasteiger partial charge in [-0.3, -0.25) is 4.57 Å². The van der Waals surface area contributed by atoms with Crippen LogP contribution in [0.2, 0.25) is 10.0 Å². The molecule has 1 aliphatic rings. The van der Waals surface area contributed by atoms with Crippen LogP contribution in [0.1, 0.15) is 12.6 Å². The molecule has 8 heteroatoms. The predicted molar refractivity (Wildman–Crippen MR) is 83.2 cm³/mol. The molecule has 0 radical (unpaired) electrons. The molecule has 0 unspecified atom stereocenters. The SMILES string of the molecule is CSc1nc2cc(Cl)c(Cl)cc2n1[C@H]1C[C@H](O)[C@@H](CO)O1. The van der Waals surface area contributed by atoms with Crippen molar-refractivity contribution < 1.29 is 14.9 Å². The van der Waals surface area contributed by atoms with Crippen molar-refractivity contribution in [1.29, 1.82) is 0 Å². The Morgan fingerprint density at radius 3 is 2.76 bits per heavy atom. The lowest BCUT2D eigenvalue weighted by Crippen LogP contribution is -2.24. The van der Waals surface area contributed by atoms with Crippen molar-refractivity contribution >= 4 is 46.0 Å². The van der Waals surface area contributed by atoms with E-state index in [1.54, 1.807) is 12.1 Å². The largest absolute Gasteiger partial charge is 0.394 e. The van der Waals surface area contributed by atoms with Crippen molar-refractivity contribution in [2.24, 2.45) is 0 Å². The Kier molecular flexibility index (Phi) is 4.36. The first-order chi connectivity index (χ1) is 10.0. The van der Waals surface area contributed by atoms with Crippen LogP contribution in [0.5, 0.6) is 0 Å². The number of benzene rings is 1. The van der Waals surface area contributed by atoms with E-state index in [0.29, 0.717) is 16.5 Å². The van der Waals surface area contributed by atoms with Gasteiger partial charge in [-0.05, 0) is 18.4 Å². The molecule has 21 heavy (non-hydrogen) atoms. The number of thioether (sulfide) groups is 1. The number of imidazole rings is 1. The second-order valence-corrected chi connectivity index (χ2v) is 6.43. The van der Waals surface area contributed by atoms with E-state index in [9.17, 15) is 10.2 Å². The van der Waals surface area contributed by atoms with Crippen LogP contribution in [0.4, 0.5) is 0 Å². The van der Waals surface area contributed by atoms with Crippen molar-refractivity contribution in [2.75, 3.05) is 12.9 Å². The maximum Gasteiger partial charge on any atom is 0.170 e. The standard InChI is InChI=1S/C13H14Cl2N2O3S/c1-21-13-16-8-2-6(14)7(15)3-9(8)17(13)12-4-10(19)11(5-18)20-12/h2-3,10-12,18-19H,4-5H2,1H3/t10-,11+,12+/m0/s1. The lowest BCUT2D eigenvalue weighted by atomic mass is 10.2. The maximum absolute atomic E-state index is 9.92. The topological polar surface area (TPSA) is 67.5 Å². The van der Waals surface area contributed by atoms with E-state index in [-0.39, 0.29) is 12.8 Å². The molecule has 0 amide bonds. The minimum absolute atomic E-state index is 0.217. The van der Waals surface area contributed by atoms with Crippen LogP contribution in [0.15, 0.2) is 17.3 Å². The van der Waals surface area contributed by atoms with Crippen LogP contribution in [-0.4, -0.2) is 44.8 Å². The second-order valence-electron chi connectivity index (χ2n) is 4.84. The molecule has 0 saturated carbocycles. The van der Waals surface area contributed by atoms with E-state index in [0.717, 1.165) is 16.2 Å². The summed E-state index contributed by atoms with van der Waals surface area (Å²) in [6.45, 7) is -0.217. The zero-order chi connectivity index (χ0) is 15.1. The van der Waals surface area contributed by atoms with Crippen molar-refractivity contribution in [1.82, 2.24) is 9.55 Å². The van der Waals surface area contributed by atoms with Gasteiger partial charge in [0.1, 0.15) is 12.3 Å². The highest BCUT2D eigenvalue weighted by Gasteiger charge is 2.36. The zero-order valence-corrected chi connectivity index (χ0v) is 13.5. The van der Waals surface area contributed by atoms with Gasteiger partial charge in [0.25, 0.3) is 0 Å². The molecule has 1 fully saturated rings. The van der Waals surface area contributed by atoms with E-state index in [1.807, 2.05) is 10.8 Å². The lowest BCUT2D eigenvalue weighted by Gasteiger charge is -2.16. The third kappa shape index (κ3) is 2.65. The van der Waals surface area contributed by atoms with Crippen LogP contribution in [-0.2, 0) is 4.74 Å². The fourth-order valence-electron chi connectivity index (χ4n) is 2.53.